The maximum Gasteiger partial charge on any atom is 0.222 e. The van der Waals surface area contributed by atoms with Crippen LogP contribution in [0.1, 0.15) is 19.2 Å². The first-order valence-corrected chi connectivity index (χ1v) is 6.38. The van der Waals surface area contributed by atoms with E-state index in [-0.39, 0.29) is 11.9 Å². The van der Waals surface area contributed by atoms with Crippen molar-refractivity contribution in [2.75, 3.05) is 30.8 Å². The molecule has 1 amide bonds. The molecule has 1 unspecified atom stereocenters. The highest BCUT2D eigenvalue weighted by molar-refractivity contribution is 5.79. The zero-order valence-corrected chi connectivity index (χ0v) is 11.2. The zero-order valence-electron chi connectivity index (χ0n) is 11.2. The van der Waals surface area contributed by atoms with Crippen LogP contribution in [0, 0.1) is 0 Å². The van der Waals surface area contributed by atoms with Gasteiger partial charge in [0.15, 0.2) is 5.82 Å². The van der Waals surface area contributed by atoms with Crippen LogP contribution in [-0.2, 0) is 16.1 Å². The first kappa shape index (κ1) is 13.5. The minimum absolute atomic E-state index is 0.0648. The van der Waals surface area contributed by atoms with Crippen molar-refractivity contribution in [2.45, 2.75) is 26.0 Å². The summed E-state index contributed by atoms with van der Waals surface area (Å²) in [5, 5.41) is 9.00. The largest absolute Gasteiger partial charge is 0.374 e. The number of nitrogens with one attached hydrogen (secondary N) is 3. The number of ether oxygens (including phenoxy) is 1. The van der Waals surface area contributed by atoms with E-state index in [4.69, 9.17) is 4.74 Å². The normalized spacial score (nSPS) is 18.2. The predicted molar refractivity (Wildman–Crippen MR) is 71.9 cm³/mol. The molecule has 1 aliphatic rings. The molecule has 1 aromatic heterocycles. The first-order chi connectivity index (χ1) is 9.21. The number of hydrogen-bond acceptors (Lipinski definition) is 6. The molecule has 7 nitrogen and oxygen atoms in total. The Morgan fingerprint density at radius 1 is 1.47 bits per heavy atom. The number of nitrogens with zero attached hydrogens (tertiary/aromatic N) is 2. The summed E-state index contributed by atoms with van der Waals surface area (Å²) in [6, 6.07) is 1.89. The third-order valence-corrected chi connectivity index (χ3v) is 2.79. The van der Waals surface area contributed by atoms with Gasteiger partial charge in [-0.05, 0) is 6.92 Å². The van der Waals surface area contributed by atoms with Gasteiger partial charge in [-0.1, -0.05) is 0 Å². The standard InChI is InChI=1S/C12H19N5O2/c1-3-19-7-11-16-9(13-2)5-10(17-11)15-8-4-12(18)14-6-8/h5,8H,3-4,6-7H2,1-2H3,(H,14,18)(H2,13,15,16,17). The molecular weight excluding hydrogens is 246 g/mol. The first-order valence-electron chi connectivity index (χ1n) is 6.38. The summed E-state index contributed by atoms with van der Waals surface area (Å²) in [6.45, 7) is 3.55. The lowest BCUT2D eigenvalue weighted by Gasteiger charge is -2.13. The summed E-state index contributed by atoms with van der Waals surface area (Å²) < 4.78 is 5.31. The fraction of sp³-hybridized carbons (Fsp3) is 0.583. The number of amides is 1. The molecule has 1 aliphatic heterocycles. The van der Waals surface area contributed by atoms with E-state index >= 15 is 0 Å². The van der Waals surface area contributed by atoms with Gasteiger partial charge in [0, 0.05) is 32.7 Å². The van der Waals surface area contributed by atoms with Crippen molar-refractivity contribution in [3.63, 3.8) is 0 Å². The van der Waals surface area contributed by atoms with E-state index in [9.17, 15) is 4.79 Å². The van der Waals surface area contributed by atoms with Crippen molar-refractivity contribution in [2.24, 2.45) is 0 Å². The van der Waals surface area contributed by atoms with E-state index < -0.39 is 0 Å². The van der Waals surface area contributed by atoms with Gasteiger partial charge in [-0.15, -0.1) is 0 Å². The van der Waals surface area contributed by atoms with Crippen molar-refractivity contribution in [3.05, 3.63) is 11.9 Å². The minimum atomic E-state index is 0.0648. The van der Waals surface area contributed by atoms with E-state index in [2.05, 4.69) is 25.9 Å². The van der Waals surface area contributed by atoms with E-state index in [1.165, 1.54) is 0 Å². The van der Waals surface area contributed by atoms with Gasteiger partial charge in [0.05, 0.1) is 6.04 Å². The van der Waals surface area contributed by atoms with Crippen LogP contribution in [0.25, 0.3) is 0 Å². The van der Waals surface area contributed by atoms with Crippen molar-refractivity contribution < 1.29 is 9.53 Å². The van der Waals surface area contributed by atoms with Crippen LogP contribution in [0.3, 0.4) is 0 Å². The molecule has 2 rings (SSSR count). The second kappa shape index (κ2) is 6.33. The van der Waals surface area contributed by atoms with Gasteiger partial charge in [-0.3, -0.25) is 4.79 Å². The Labute approximate surface area is 112 Å². The fourth-order valence-electron chi connectivity index (χ4n) is 1.87. The van der Waals surface area contributed by atoms with E-state index in [1.807, 2.05) is 13.0 Å². The van der Waals surface area contributed by atoms with Crippen LogP contribution in [-0.4, -0.2) is 42.1 Å². The van der Waals surface area contributed by atoms with Gasteiger partial charge in [0.25, 0.3) is 0 Å². The lowest BCUT2D eigenvalue weighted by Crippen LogP contribution is -2.23. The molecule has 7 heteroatoms. The van der Waals surface area contributed by atoms with Crippen LogP contribution in [0.5, 0.6) is 0 Å². The third kappa shape index (κ3) is 3.78. The lowest BCUT2D eigenvalue weighted by molar-refractivity contribution is -0.119. The highest BCUT2D eigenvalue weighted by atomic mass is 16.5. The average molecular weight is 265 g/mol. The summed E-state index contributed by atoms with van der Waals surface area (Å²) in [6.07, 6.45) is 0.472. The van der Waals surface area contributed by atoms with Gasteiger partial charge in [0.1, 0.15) is 18.2 Å². The molecule has 0 radical (unpaired) electrons. The Balaban J connectivity index is 2.07. The Kier molecular flexibility index (Phi) is 4.51. The zero-order chi connectivity index (χ0) is 13.7. The Morgan fingerprint density at radius 3 is 2.89 bits per heavy atom. The maximum absolute atomic E-state index is 11.2. The molecule has 0 bridgehead atoms. The molecule has 3 N–H and O–H groups in total. The predicted octanol–water partition coefficient (Wildman–Crippen LogP) is 0.355. The van der Waals surface area contributed by atoms with Crippen molar-refractivity contribution >= 4 is 17.5 Å². The molecule has 1 atom stereocenters. The highest BCUT2D eigenvalue weighted by Gasteiger charge is 2.21. The molecule has 1 fully saturated rings. The lowest BCUT2D eigenvalue weighted by atomic mass is 10.2. The second-order valence-corrected chi connectivity index (χ2v) is 4.29. The topological polar surface area (TPSA) is 88.2 Å². The number of rotatable bonds is 6. The summed E-state index contributed by atoms with van der Waals surface area (Å²) >= 11 is 0. The van der Waals surface area contributed by atoms with Gasteiger partial charge in [-0.2, -0.15) is 0 Å². The van der Waals surface area contributed by atoms with Crippen LogP contribution in [0.4, 0.5) is 11.6 Å². The Morgan fingerprint density at radius 2 is 2.26 bits per heavy atom. The third-order valence-electron chi connectivity index (χ3n) is 2.79. The monoisotopic (exact) mass is 265 g/mol. The molecular formula is C12H19N5O2. The smallest absolute Gasteiger partial charge is 0.222 e. The molecule has 0 aliphatic carbocycles. The highest BCUT2D eigenvalue weighted by Crippen LogP contribution is 2.14. The van der Waals surface area contributed by atoms with Gasteiger partial charge < -0.3 is 20.7 Å². The SMILES string of the molecule is CCOCc1nc(NC)cc(NC2CNC(=O)C2)n1. The minimum Gasteiger partial charge on any atom is -0.374 e. The van der Waals surface area contributed by atoms with E-state index in [1.54, 1.807) is 7.05 Å². The molecule has 19 heavy (non-hydrogen) atoms. The van der Waals surface area contributed by atoms with Gasteiger partial charge in [-0.25, -0.2) is 9.97 Å². The van der Waals surface area contributed by atoms with Crippen LogP contribution < -0.4 is 16.0 Å². The molecule has 104 valence electrons. The molecule has 0 spiro atoms. The number of anilines is 2. The molecule has 2 heterocycles. The van der Waals surface area contributed by atoms with Crippen molar-refractivity contribution in [1.82, 2.24) is 15.3 Å². The molecule has 1 aromatic rings. The number of carbonyl (C=O) groups is 1. The molecule has 1 saturated heterocycles. The fourth-order valence-corrected chi connectivity index (χ4v) is 1.87. The number of hydrogen-bond donors (Lipinski definition) is 3. The quantitative estimate of drug-likeness (QED) is 0.688. The Bertz CT molecular complexity index is 452. The maximum atomic E-state index is 11.2. The summed E-state index contributed by atoms with van der Waals surface area (Å²) in [5.74, 6) is 2.11. The van der Waals surface area contributed by atoms with Crippen molar-refractivity contribution in [1.29, 1.82) is 0 Å². The van der Waals surface area contributed by atoms with Crippen LogP contribution in [0.2, 0.25) is 0 Å². The Hall–Kier alpha value is -1.89. The van der Waals surface area contributed by atoms with E-state index in [0.717, 1.165) is 5.82 Å². The number of aromatic nitrogens is 2. The summed E-state index contributed by atoms with van der Waals surface area (Å²) in [4.78, 5) is 19.8. The summed E-state index contributed by atoms with van der Waals surface area (Å²) in [5.41, 5.74) is 0. The van der Waals surface area contributed by atoms with Crippen molar-refractivity contribution in [3.8, 4) is 0 Å². The molecule has 0 aromatic carbocycles. The average Bonchev–Trinajstić information content (AvgIpc) is 2.81. The number of carbonyl (C=O) groups excluding carboxylic acids is 1. The van der Waals surface area contributed by atoms with E-state index in [0.29, 0.717) is 37.8 Å². The van der Waals surface area contributed by atoms with Gasteiger partial charge in [0.2, 0.25) is 5.91 Å². The van der Waals surface area contributed by atoms with Crippen LogP contribution >= 0.6 is 0 Å². The second-order valence-electron chi connectivity index (χ2n) is 4.29. The van der Waals surface area contributed by atoms with Crippen LogP contribution in [0.15, 0.2) is 6.07 Å². The summed E-state index contributed by atoms with van der Waals surface area (Å²) in [7, 11) is 1.80. The van der Waals surface area contributed by atoms with Gasteiger partial charge >= 0.3 is 0 Å². The molecule has 0 saturated carbocycles.